The van der Waals surface area contributed by atoms with Gasteiger partial charge in [0.1, 0.15) is 0 Å². The predicted octanol–water partition coefficient (Wildman–Crippen LogP) is 2.90. The lowest BCUT2D eigenvalue weighted by Crippen LogP contribution is -2.29. The monoisotopic (exact) mass is 314 g/mol. The van der Waals surface area contributed by atoms with Crippen LogP contribution in [0.5, 0.6) is 0 Å². The first-order chi connectivity index (χ1) is 10.7. The first-order valence-electron chi connectivity index (χ1n) is 8.16. The Labute approximate surface area is 138 Å². The highest BCUT2D eigenvalue weighted by Gasteiger charge is 2.20. The van der Waals surface area contributed by atoms with Gasteiger partial charge in [-0.1, -0.05) is 11.8 Å². The van der Waals surface area contributed by atoms with Crippen LogP contribution in [0, 0.1) is 17.3 Å². The van der Waals surface area contributed by atoms with Crippen molar-refractivity contribution < 1.29 is 9.90 Å². The fourth-order valence-corrected chi connectivity index (χ4v) is 2.65. The van der Waals surface area contributed by atoms with Crippen LogP contribution in [0.2, 0.25) is 0 Å². The number of aliphatic hydroxyl groups is 1. The summed E-state index contributed by atoms with van der Waals surface area (Å²) < 4.78 is 0. The molecule has 1 amide bonds. The van der Waals surface area contributed by atoms with E-state index in [0.717, 1.165) is 36.9 Å². The summed E-state index contributed by atoms with van der Waals surface area (Å²) in [5, 5.41) is 13.0. The second kappa shape index (κ2) is 7.06. The largest absolute Gasteiger partial charge is 0.393 e. The minimum atomic E-state index is -0.456. The van der Waals surface area contributed by atoms with Gasteiger partial charge in [0.2, 0.25) is 0 Å². The second-order valence-corrected chi connectivity index (χ2v) is 7.27. The van der Waals surface area contributed by atoms with E-state index in [4.69, 9.17) is 5.73 Å². The summed E-state index contributed by atoms with van der Waals surface area (Å²) in [5.41, 5.74) is 7.44. The Balaban J connectivity index is 2.19. The summed E-state index contributed by atoms with van der Waals surface area (Å²) in [4.78, 5) is 11.8. The fourth-order valence-electron chi connectivity index (χ4n) is 2.65. The highest BCUT2D eigenvalue weighted by atomic mass is 16.3. The molecule has 1 aliphatic rings. The molecule has 0 spiro atoms. The topological polar surface area (TPSA) is 75.3 Å². The van der Waals surface area contributed by atoms with Crippen LogP contribution in [0.25, 0.3) is 0 Å². The molecule has 0 atom stereocenters. The molecule has 0 saturated heterocycles. The van der Waals surface area contributed by atoms with Gasteiger partial charge in [0, 0.05) is 22.7 Å². The van der Waals surface area contributed by atoms with Crippen molar-refractivity contribution in [2.75, 3.05) is 5.32 Å². The van der Waals surface area contributed by atoms with E-state index in [0.29, 0.717) is 5.56 Å². The smallest absolute Gasteiger partial charge is 0.250 e. The normalized spacial score (nSPS) is 21.2. The minimum Gasteiger partial charge on any atom is -0.393 e. The maximum absolute atomic E-state index is 11.8. The van der Waals surface area contributed by atoms with E-state index in [9.17, 15) is 9.90 Å². The Bertz CT molecular complexity index is 627. The van der Waals surface area contributed by atoms with Gasteiger partial charge in [0.05, 0.1) is 11.7 Å². The molecule has 0 radical (unpaired) electrons. The summed E-state index contributed by atoms with van der Waals surface area (Å²) >= 11 is 0. The number of aliphatic hydroxyl groups excluding tert-OH is 1. The van der Waals surface area contributed by atoms with Crippen LogP contribution >= 0.6 is 0 Å². The molecule has 0 unspecified atom stereocenters. The van der Waals surface area contributed by atoms with E-state index in [1.54, 1.807) is 6.07 Å². The zero-order valence-electron chi connectivity index (χ0n) is 14.1. The zero-order valence-corrected chi connectivity index (χ0v) is 14.1. The highest BCUT2D eigenvalue weighted by molar-refractivity contribution is 5.99. The Morgan fingerprint density at radius 2 is 1.91 bits per heavy atom. The van der Waals surface area contributed by atoms with Gasteiger partial charge in [-0.2, -0.15) is 0 Å². The van der Waals surface area contributed by atoms with Crippen LogP contribution < -0.4 is 11.1 Å². The molecule has 4 heteroatoms. The minimum absolute atomic E-state index is 0.0905. The van der Waals surface area contributed by atoms with Crippen LogP contribution in [0.4, 0.5) is 5.69 Å². The van der Waals surface area contributed by atoms with Gasteiger partial charge in [-0.05, 0) is 64.7 Å². The number of primary amides is 1. The third-order valence-corrected chi connectivity index (χ3v) is 3.92. The van der Waals surface area contributed by atoms with Gasteiger partial charge in [0.15, 0.2) is 0 Å². The number of nitrogens with two attached hydrogens (primary N) is 1. The molecule has 0 heterocycles. The number of rotatable bonds is 3. The summed E-state index contributed by atoms with van der Waals surface area (Å²) in [5.74, 6) is 5.80. The third kappa shape index (κ3) is 5.30. The van der Waals surface area contributed by atoms with Crippen LogP contribution in [-0.4, -0.2) is 23.2 Å². The lowest BCUT2D eigenvalue weighted by atomic mass is 9.92. The number of anilines is 1. The molecule has 1 aliphatic carbocycles. The molecule has 0 aromatic heterocycles. The molecule has 1 saturated carbocycles. The van der Waals surface area contributed by atoms with Crippen molar-refractivity contribution in [1.29, 1.82) is 0 Å². The van der Waals surface area contributed by atoms with E-state index in [1.165, 1.54) is 0 Å². The molecule has 0 bridgehead atoms. The number of carbonyl (C=O) groups excluding carboxylic acids is 1. The van der Waals surface area contributed by atoms with Crippen molar-refractivity contribution in [3.8, 4) is 11.8 Å². The average Bonchev–Trinajstić information content (AvgIpc) is 2.47. The Morgan fingerprint density at radius 3 is 2.48 bits per heavy atom. The van der Waals surface area contributed by atoms with Crippen molar-refractivity contribution in [1.82, 2.24) is 0 Å². The summed E-state index contributed by atoms with van der Waals surface area (Å²) in [6.45, 7) is 6.13. The van der Waals surface area contributed by atoms with Crippen LogP contribution in [0.15, 0.2) is 18.2 Å². The highest BCUT2D eigenvalue weighted by Crippen LogP contribution is 2.25. The first kappa shape index (κ1) is 17.4. The molecule has 23 heavy (non-hydrogen) atoms. The molecule has 1 fully saturated rings. The maximum Gasteiger partial charge on any atom is 0.250 e. The number of carbonyl (C=O) groups is 1. The number of benzene rings is 1. The summed E-state index contributed by atoms with van der Waals surface area (Å²) in [6.07, 6.45) is 3.17. The molecule has 2 rings (SSSR count). The van der Waals surface area contributed by atoms with E-state index >= 15 is 0 Å². The van der Waals surface area contributed by atoms with Crippen LogP contribution in [0.3, 0.4) is 0 Å². The van der Waals surface area contributed by atoms with Gasteiger partial charge in [0.25, 0.3) is 5.91 Å². The molecule has 1 aromatic rings. The Kier molecular flexibility index (Phi) is 5.33. The molecule has 4 nitrogen and oxygen atoms in total. The third-order valence-electron chi connectivity index (χ3n) is 3.92. The average molecular weight is 314 g/mol. The van der Waals surface area contributed by atoms with Gasteiger partial charge in [-0.25, -0.2) is 0 Å². The van der Waals surface area contributed by atoms with Crippen molar-refractivity contribution in [2.45, 2.75) is 58.6 Å². The van der Waals surface area contributed by atoms with Gasteiger partial charge < -0.3 is 16.2 Å². The molecular weight excluding hydrogens is 288 g/mol. The van der Waals surface area contributed by atoms with E-state index in [1.807, 2.05) is 32.9 Å². The molecule has 124 valence electrons. The van der Waals surface area contributed by atoms with E-state index < -0.39 is 5.91 Å². The number of amides is 1. The summed E-state index contributed by atoms with van der Waals surface area (Å²) in [7, 11) is 0. The number of hydrogen-bond acceptors (Lipinski definition) is 3. The van der Waals surface area contributed by atoms with Crippen LogP contribution in [0.1, 0.15) is 62.4 Å². The van der Waals surface area contributed by atoms with Gasteiger partial charge >= 0.3 is 0 Å². The van der Waals surface area contributed by atoms with Crippen molar-refractivity contribution in [3.05, 3.63) is 29.3 Å². The second-order valence-electron chi connectivity index (χ2n) is 7.27. The number of hydrogen-bond donors (Lipinski definition) is 3. The standard InChI is InChI=1S/C19H26N2O2/c1-19(2,3)11-10-13-4-9-17(16(12-13)18(20)23)21-14-5-7-15(22)8-6-14/h4,9,12,14-15,21-22H,5-8H2,1-3H3,(H2,20,23)/t14-,15-. The zero-order chi connectivity index (χ0) is 17.0. The Morgan fingerprint density at radius 1 is 1.26 bits per heavy atom. The van der Waals surface area contributed by atoms with Crippen LogP contribution in [-0.2, 0) is 0 Å². The Hall–Kier alpha value is -1.99. The van der Waals surface area contributed by atoms with E-state index in [2.05, 4.69) is 17.2 Å². The van der Waals surface area contributed by atoms with E-state index in [-0.39, 0.29) is 17.6 Å². The lowest BCUT2D eigenvalue weighted by molar-refractivity contribution is 0.100. The fraction of sp³-hybridized carbons (Fsp3) is 0.526. The lowest BCUT2D eigenvalue weighted by Gasteiger charge is -2.27. The molecule has 0 aliphatic heterocycles. The SMILES string of the molecule is CC(C)(C)C#Cc1ccc(N[C@H]2CC[C@H](O)CC2)c(C(N)=O)c1. The van der Waals surface area contributed by atoms with Crippen molar-refractivity contribution in [2.24, 2.45) is 11.1 Å². The quantitative estimate of drug-likeness (QED) is 0.751. The molecule has 4 N–H and O–H groups in total. The van der Waals surface area contributed by atoms with Gasteiger partial charge in [-0.15, -0.1) is 0 Å². The van der Waals surface area contributed by atoms with Crippen molar-refractivity contribution in [3.63, 3.8) is 0 Å². The maximum atomic E-state index is 11.8. The molecular formula is C19H26N2O2. The molecule has 1 aromatic carbocycles. The van der Waals surface area contributed by atoms with Crippen molar-refractivity contribution >= 4 is 11.6 Å². The number of nitrogens with one attached hydrogen (secondary N) is 1. The predicted molar refractivity (Wildman–Crippen MR) is 93.2 cm³/mol. The van der Waals surface area contributed by atoms with Gasteiger partial charge in [-0.3, -0.25) is 4.79 Å². The summed E-state index contributed by atoms with van der Waals surface area (Å²) in [6, 6.07) is 5.80. The first-order valence-corrected chi connectivity index (χ1v) is 8.16.